The van der Waals surface area contributed by atoms with Gasteiger partial charge in [0.25, 0.3) is 5.56 Å². The van der Waals surface area contributed by atoms with Crippen molar-refractivity contribution in [2.24, 2.45) is 0 Å². The van der Waals surface area contributed by atoms with Crippen LogP contribution in [0.5, 0.6) is 0 Å². The molecule has 228 valence electrons. The van der Waals surface area contributed by atoms with Gasteiger partial charge in [-0.2, -0.15) is 5.10 Å². The summed E-state index contributed by atoms with van der Waals surface area (Å²) in [7, 11) is 1.53. The normalized spacial score (nSPS) is 15.7. The topological polar surface area (TPSA) is 121 Å². The first kappa shape index (κ1) is 31.5. The maximum atomic E-state index is 14.4. The van der Waals surface area contributed by atoms with E-state index in [2.05, 4.69) is 11.7 Å². The molecule has 0 unspecified atom stereocenters. The number of hydrogen-bond acceptors (Lipinski definition) is 8. The fourth-order valence-corrected chi connectivity index (χ4v) is 6.58. The van der Waals surface area contributed by atoms with E-state index in [1.54, 1.807) is 68.7 Å². The molecule has 0 spiro atoms. The van der Waals surface area contributed by atoms with Gasteiger partial charge in [-0.05, 0) is 60.5 Å². The Labute approximate surface area is 249 Å². The largest absolute Gasteiger partial charge is 0.501 e. The number of carbonyl (C=O) groups excluding carboxylic acids is 1. The Bertz CT molecular complexity index is 1610. The van der Waals surface area contributed by atoms with E-state index in [1.807, 2.05) is 6.92 Å². The molecule has 11 nitrogen and oxygen atoms in total. The maximum absolute atomic E-state index is 14.4. The highest BCUT2D eigenvalue weighted by Crippen LogP contribution is 2.32. The van der Waals surface area contributed by atoms with Gasteiger partial charge in [0.15, 0.2) is 0 Å². The number of methoxy groups -OCH3 is 1. The smallest absolute Gasteiger partial charge is 0.333 e. The van der Waals surface area contributed by atoms with Crippen LogP contribution in [0.3, 0.4) is 0 Å². The van der Waals surface area contributed by atoms with Gasteiger partial charge in [-0.15, -0.1) is 0 Å². The molecule has 0 aliphatic carbocycles. The second-order valence-corrected chi connectivity index (χ2v) is 12.8. The van der Waals surface area contributed by atoms with Crippen LogP contribution in [0.15, 0.2) is 52.0 Å². The molecule has 1 aliphatic rings. The molecule has 1 saturated heterocycles. The zero-order chi connectivity index (χ0) is 31.0. The molecule has 1 atom stereocenters. The van der Waals surface area contributed by atoms with E-state index < -0.39 is 28.5 Å². The molecule has 12 heteroatoms. The van der Waals surface area contributed by atoms with Crippen molar-refractivity contribution < 1.29 is 19.4 Å². The number of likely N-dealkylation sites (tertiary alicyclic amines) is 1. The SMILES string of the molecule is C=C/C(=C(\C)OC)[C@H](Cn1c(=O)n(C(C)(C)C(=O)N2CCCC2)c(=O)c2c(C)c(-n3cccn3)sc21)OCC(C)(C)O. The number of thiophene rings is 1. The van der Waals surface area contributed by atoms with E-state index in [4.69, 9.17) is 9.47 Å². The van der Waals surface area contributed by atoms with Gasteiger partial charge in [-0.25, -0.2) is 14.0 Å². The van der Waals surface area contributed by atoms with Gasteiger partial charge < -0.3 is 19.5 Å². The average Bonchev–Trinajstić information content (AvgIpc) is 3.70. The molecule has 42 heavy (non-hydrogen) atoms. The van der Waals surface area contributed by atoms with Crippen LogP contribution < -0.4 is 11.2 Å². The van der Waals surface area contributed by atoms with Crippen molar-refractivity contribution in [1.82, 2.24) is 23.8 Å². The molecule has 0 bridgehead atoms. The highest BCUT2D eigenvalue weighted by Gasteiger charge is 2.39. The Morgan fingerprint density at radius 2 is 1.90 bits per heavy atom. The molecular formula is C30H41N5O6S. The number of nitrogens with zero attached hydrogens (tertiary/aromatic N) is 5. The van der Waals surface area contributed by atoms with Crippen LogP contribution in [0.4, 0.5) is 0 Å². The Balaban J connectivity index is 2.01. The van der Waals surface area contributed by atoms with Crippen LogP contribution in [-0.2, 0) is 26.4 Å². The molecule has 4 rings (SSSR count). The van der Waals surface area contributed by atoms with Crippen LogP contribution in [0.2, 0.25) is 0 Å². The minimum Gasteiger partial charge on any atom is -0.501 e. The van der Waals surface area contributed by atoms with Crippen molar-refractivity contribution in [1.29, 1.82) is 0 Å². The van der Waals surface area contributed by atoms with E-state index >= 15 is 0 Å². The summed E-state index contributed by atoms with van der Waals surface area (Å²) < 4.78 is 15.9. The first-order chi connectivity index (χ1) is 19.7. The van der Waals surface area contributed by atoms with Crippen LogP contribution >= 0.6 is 11.3 Å². The minimum atomic E-state index is -1.45. The lowest BCUT2D eigenvalue weighted by Gasteiger charge is -2.31. The first-order valence-corrected chi connectivity index (χ1v) is 14.8. The number of ether oxygens (including phenoxy) is 2. The fourth-order valence-electron chi connectivity index (χ4n) is 5.33. The molecule has 1 fully saturated rings. The van der Waals surface area contributed by atoms with Crippen molar-refractivity contribution in [2.75, 3.05) is 26.8 Å². The summed E-state index contributed by atoms with van der Waals surface area (Å²) in [6.07, 6.45) is 6.01. The van der Waals surface area contributed by atoms with Crippen LogP contribution in [0, 0.1) is 6.92 Å². The summed E-state index contributed by atoms with van der Waals surface area (Å²) >= 11 is 1.27. The number of fused-ring (bicyclic) bond motifs is 1. The van der Waals surface area contributed by atoms with E-state index in [-0.39, 0.29) is 19.1 Å². The number of amides is 1. The number of allylic oxidation sites excluding steroid dienone is 1. The molecule has 3 aromatic heterocycles. The number of aryl methyl sites for hydroxylation is 1. The van der Waals surface area contributed by atoms with Crippen molar-refractivity contribution in [3.05, 3.63) is 68.8 Å². The predicted octanol–water partition coefficient (Wildman–Crippen LogP) is 3.34. The minimum absolute atomic E-state index is 0.0275. The second kappa shape index (κ2) is 12.0. The Hall–Kier alpha value is -3.48. The van der Waals surface area contributed by atoms with Gasteiger partial charge >= 0.3 is 5.69 Å². The number of aromatic nitrogens is 4. The predicted molar refractivity (Wildman–Crippen MR) is 163 cm³/mol. The summed E-state index contributed by atoms with van der Waals surface area (Å²) in [5.74, 6) is 0.259. The second-order valence-electron chi connectivity index (χ2n) is 11.8. The monoisotopic (exact) mass is 599 g/mol. The van der Waals surface area contributed by atoms with Gasteiger partial charge in [0.1, 0.15) is 21.5 Å². The average molecular weight is 600 g/mol. The Morgan fingerprint density at radius 1 is 1.24 bits per heavy atom. The number of rotatable bonds is 11. The van der Waals surface area contributed by atoms with Crippen molar-refractivity contribution in [3.8, 4) is 5.00 Å². The number of hydrogen-bond donors (Lipinski definition) is 1. The Kier molecular flexibility index (Phi) is 9.00. The quantitative estimate of drug-likeness (QED) is 0.265. The molecule has 0 saturated carbocycles. The summed E-state index contributed by atoms with van der Waals surface area (Å²) in [6.45, 7) is 15.1. The summed E-state index contributed by atoms with van der Waals surface area (Å²) in [5, 5.41) is 15.8. The van der Waals surface area contributed by atoms with Crippen molar-refractivity contribution in [3.63, 3.8) is 0 Å². The lowest BCUT2D eigenvalue weighted by molar-refractivity contribution is -0.138. The molecule has 0 radical (unpaired) electrons. The zero-order valence-electron chi connectivity index (χ0n) is 25.5. The highest BCUT2D eigenvalue weighted by molar-refractivity contribution is 7.21. The number of aliphatic hydroxyl groups is 1. The lowest BCUT2D eigenvalue weighted by Crippen LogP contribution is -2.56. The maximum Gasteiger partial charge on any atom is 0.333 e. The summed E-state index contributed by atoms with van der Waals surface area (Å²) in [5.41, 5.74) is -2.52. The van der Waals surface area contributed by atoms with Gasteiger partial charge in [0.05, 0.1) is 37.0 Å². The number of carbonyl (C=O) groups is 1. The molecule has 1 aliphatic heterocycles. The van der Waals surface area contributed by atoms with Gasteiger partial charge in [0, 0.05) is 36.6 Å². The van der Waals surface area contributed by atoms with Crippen LogP contribution in [0.25, 0.3) is 15.2 Å². The molecular weight excluding hydrogens is 558 g/mol. The van der Waals surface area contributed by atoms with Gasteiger partial charge in [-0.3, -0.25) is 14.2 Å². The van der Waals surface area contributed by atoms with Crippen LogP contribution in [0.1, 0.15) is 53.0 Å². The Morgan fingerprint density at radius 3 is 2.45 bits per heavy atom. The van der Waals surface area contributed by atoms with Gasteiger partial charge in [-0.1, -0.05) is 24.0 Å². The highest BCUT2D eigenvalue weighted by atomic mass is 32.1. The standard InChI is InChI=1S/C30H41N5O6S/c1-9-21(20(3)40-8)22(41-18-29(4,5)39)17-33-26-23(19(2)25(42-26)34-16-12-13-31-34)24(36)35(28(33)38)30(6,7)27(37)32-14-10-11-15-32/h9,12-13,16,22,39H,1,10-11,14-15,17-18H2,2-8H3/b21-20-/t22-/m0/s1. The third-order valence-corrected chi connectivity index (χ3v) is 8.95. The molecule has 1 N–H and O–H groups in total. The van der Waals surface area contributed by atoms with E-state index in [0.29, 0.717) is 45.2 Å². The molecule has 0 aromatic carbocycles. The van der Waals surface area contributed by atoms with Gasteiger partial charge in [0.2, 0.25) is 5.91 Å². The van der Waals surface area contributed by atoms with E-state index in [9.17, 15) is 19.5 Å². The molecule has 3 aromatic rings. The first-order valence-electron chi connectivity index (χ1n) is 14.0. The van der Waals surface area contributed by atoms with Crippen molar-refractivity contribution in [2.45, 2.75) is 78.2 Å². The zero-order valence-corrected chi connectivity index (χ0v) is 26.3. The summed E-state index contributed by atoms with van der Waals surface area (Å²) in [4.78, 5) is 44.5. The third kappa shape index (κ3) is 5.88. The molecule has 1 amide bonds. The molecule has 4 heterocycles. The van der Waals surface area contributed by atoms with E-state index in [0.717, 1.165) is 17.4 Å². The summed E-state index contributed by atoms with van der Waals surface area (Å²) in [6, 6.07) is 1.78. The van der Waals surface area contributed by atoms with E-state index in [1.165, 1.54) is 23.0 Å². The van der Waals surface area contributed by atoms with Crippen molar-refractivity contribution >= 4 is 27.5 Å². The third-order valence-electron chi connectivity index (χ3n) is 7.64. The lowest BCUT2D eigenvalue weighted by atomic mass is 10.0. The van der Waals surface area contributed by atoms with Crippen LogP contribution in [-0.4, -0.2) is 73.3 Å². The fraction of sp³-hybridized carbons (Fsp3) is 0.533.